The van der Waals surface area contributed by atoms with Crippen LogP contribution in [0.25, 0.3) is 0 Å². The highest BCUT2D eigenvalue weighted by molar-refractivity contribution is 5.98. The van der Waals surface area contributed by atoms with Crippen molar-refractivity contribution < 1.29 is 19.2 Å². The van der Waals surface area contributed by atoms with Crippen LogP contribution in [0.4, 0.5) is 10.5 Å². The Balaban J connectivity index is 1.26. The highest BCUT2D eigenvalue weighted by atomic mass is 16.7. The molecule has 3 atom stereocenters. The van der Waals surface area contributed by atoms with Crippen molar-refractivity contribution in [2.24, 2.45) is 0 Å². The fourth-order valence-corrected chi connectivity index (χ4v) is 4.87. The molecule has 0 spiro atoms. The smallest absolute Gasteiger partial charge is 0.342 e. The summed E-state index contributed by atoms with van der Waals surface area (Å²) in [7, 11) is 0. The number of fused-ring (bicyclic) bond motifs is 2. The maximum Gasteiger partial charge on any atom is 0.345 e. The van der Waals surface area contributed by atoms with E-state index in [1.54, 1.807) is 17.0 Å². The van der Waals surface area contributed by atoms with Crippen LogP contribution in [0.5, 0.6) is 0 Å². The summed E-state index contributed by atoms with van der Waals surface area (Å²) in [4.78, 5) is 47.2. The van der Waals surface area contributed by atoms with Gasteiger partial charge in [-0.3, -0.25) is 14.4 Å². The van der Waals surface area contributed by atoms with E-state index in [0.717, 1.165) is 11.1 Å². The van der Waals surface area contributed by atoms with Crippen molar-refractivity contribution in [2.75, 3.05) is 11.9 Å². The number of hydrogen-bond donors (Lipinski definition) is 2. The maximum atomic E-state index is 13.4. The molecule has 0 saturated carbocycles. The predicted octanol–water partition coefficient (Wildman–Crippen LogP) is 3.75. The molecule has 5 rings (SSSR count). The number of anilines is 1. The minimum atomic E-state index is -0.795. The first-order valence-electron chi connectivity index (χ1n) is 12.6. The number of nitrogens with one attached hydrogen (secondary N) is 2. The van der Waals surface area contributed by atoms with E-state index in [0.29, 0.717) is 31.5 Å². The third-order valence-electron chi connectivity index (χ3n) is 6.80. The molecule has 4 amide bonds. The SMILES string of the molecule is O=C(Nc1ccccc1)[C@@H](Cc1ccccc1)NC(=O)[C@@H]1CCC2CN1C(=O)N2OCc1ccccc1. The van der Waals surface area contributed by atoms with Crippen LogP contribution in [0.3, 0.4) is 0 Å². The molecule has 37 heavy (non-hydrogen) atoms. The summed E-state index contributed by atoms with van der Waals surface area (Å²) < 4.78 is 0. The molecule has 2 aliphatic heterocycles. The first kappa shape index (κ1) is 24.5. The van der Waals surface area contributed by atoms with Gasteiger partial charge >= 0.3 is 6.03 Å². The van der Waals surface area contributed by atoms with Gasteiger partial charge in [-0.25, -0.2) is 4.79 Å². The Kier molecular flexibility index (Phi) is 7.46. The number of carbonyl (C=O) groups excluding carboxylic acids is 3. The lowest BCUT2D eigenvalue weighted by Crippen LogP contribution is -2.54. The van der Waals surface area contributed by atoms with Gasteiger partial charge in [0.15, 0.2) is 0 Å². The van der Waals surface area contributed by atoms with Crippen molar-refractivity contribution in [1.29, 1.82) is 0 Å². The second kappa shape index (κ2) is 11.3. The summed E-state index contributed by atoms with van der Waals surface area (Å²) in [6, 6.07) is 26.5. The molecule has 2 aliphatic rings. The molecular weight excluding hydrogens is 468 g/mol. The Morgan fingerprint density at radius 3 is 2.16 bits per heavy atom. The van der Waals surface area contributed by atoms with E-state index >= 15 is 0 Å². The predicted molar refractivity (Wildman–Crippen MR) is 139 cm³/mol. The van der Waals surface area contributed by atoms with Gasteiger partial charge in [-0.05, 0) is 36.1 Å². The molecule has 2 saturated heterocycles. The number of urea groups is 1. The Morgan fingerprint density at radius 2 is 1.49 bits per heavy atom. The lowest BCUT2D eigenvalue weighted by molar-refractivity contribution is -0.140. The molecular formula is C29H30N4O4. The van der Waals surface area contributed by atoms with Gasteiger partial charge in [0, 0.05) is 18.7 Å². The average molecular weight is 499 g/mol. The van der Waals surface area contributed by atoms with Gasteiger partial charge in [-0.15, -0.1) is 0 Å². The third-order valence-corrected chi connectivity index (χ3v) is 6.80. The number of piperidine rings is 1. The van der Waals surface area contributed by atoms with Crippen molar-refractivity contribution in [1.82, 2.24) is 15.3 Å². The number of hydroxylamine groups is 2. The summed E-state index contributed by atoms with van der Waals surface area (Å²) in [5.74, 6) is -0.640. The highest BCUT2D eigenvalue weighted by Gasteiger charge is 2.48. The molecule has 3 aromatic rings. The summed E-state index contributed by atoms with van der Waals surface area (Å²) in [6.45, 7) is 0.706. The molecule has 2 N–H and O–H groups in total. The number of hydrogen-bond acceptors (Lipinski definition) is 4. The summed E-state index contributed by atoms with van der Waals surface area (Å²) >= 11 is 0. The number of para-hydroxylation sites is 1. The summed E-state index contributed by atoms with van der Waals surface area (Å²) in [5.41, 5.74) is 2.55. The number of carbonyl (C=O) groups is 3. The Bertz CT molecular complexity index is 1220. The van der Waals surface area contributed by atoms with E-state index < -0.39 is 12.1 Å². The van der Waals surface area contributed by atoms with Gasteiger partial charge in [0.1, 0.15) is 18.7 Å². The first-order chi connectivity index (χ1) is 18.1. The fourth-order valence-electron chi connectivity index (χ4n) is 4.87. The Morgan fingerprint density at radius 1 is 0.865 bits per heavy atom. The Hall–Kier alpha value is -4.17. The molecule has 0 aliphatic carbocycles. The van der Waals surface area contributed by atoms with Gasteiger partial charge in [0.25, 0.3) is 0 Å². The van der Waals surface area contributed by atoms with E-state index in [1.165, 1.54) is 5.06 Å². The maximum absolute atomic E-state index is 13.4. The van der Waals surface area contributed by atoms with E-state index in [2.05, 4.69) is 10.6 Å². The zero-order chi connectivity index (χ0) is 25.6. The van der Waals surface area contributed by atoms with Gasteiger partial charge in [0.2, 0.25) is 11.8 Å². The van der Waals surface area contributed by atoms with Gasteiger partial charge in [0.05, 0.1) is 6.04 Å². The van der Waals surface area contributed by atoms with Crippen molar-refractivity contribution in [3.8, 4) is 0 Å². The van der Waals surface area contributed by atoms with Crippen molar-refractivity contribution in [3.63, 3.8) is 0 Å². The average Bonchev–Trinajstić information content (AvgIpc) is 3.17. The molecule has 2 bridgehead atoms. The van der Waals surface area contributed by atoms with Crippen molar-refractivity contribution in [3.05, 3.63) is 102 Å². The minimum absolute atomic E-state index is 0.0956. The quantitative estimate of drug-likeness (QED) is 0.470. The lowest BCUT2D eigenvalue weighted by atomic mass is 9.99. The fraction of sp³-hybridized carbons (Fsp3) is 0.276. The normalized spacial score (nSPS) is 19.4. The van der Waals surface area contributed by atoms with E-state index in [1.807, 2.05) is 78.9 Å². The number of amides is 4. The van der Waals surface area contributed by atoms with Crippen LogP contribution in [0.15, 0.2) is 91.0 Å². The molecule has 190 valence electrons. The second-order valence-electron chi connectivity index (χ2n) is 9.37. The minimum Gasteiger partial charge on any atom is -0.342 e. The Labute approximate surface area is 216 Å². The zero-order valence-corrected chi connectivity index (χ0v) is 20.5. The lowest BCUT2D eigenvalue weighted by Gasteiger charge is -2.30. The van der Waals surface area contributed by atoms with Gasteiger partial charge < -0.3 is 15.5 Å². The van der Waals surface area contributed by atoms with E-state index in [-0.39, 0.29) is 30.5 Å². The van der Waals surface area contributed by atoms with Crippen LogP contribution in [0.1, 0.15) is 24.0 Å². The van der Waals surface area contributed by atoms with Crippen molar-refractivity contribution in [2.45, 2.75) is 44.0 Å². The molecule has 3 aromatic carbocycles. The zero-order valence-electron chi connectivity index (χ0n) is 20.5. The largest absolute Gasteiger partial charge is 0.345 e. The number of nitrogens with zero attached hydrogens (tertiary/aromatic N) is 2. The molecule has 0 radical (unpaired) electrons. The van der Waals surface area contributed by atoms with Crippen molar-refractivity contribution >= 4 is 23.5 Å². The third kappa shape index (κ3) is 5.81. The summed E-state index contributed by atoms with van der Waals surface area (Å²) in [6.07, 6.45) is 1.49. The monoisotopic (exact) mass is 498 g/mol. The van der Waals surface area contributed by atoms with Crippen LogP contribution < -0.4 is 10.6 Å². The molecule has 0 aromatic heterocycles. The van der Waals surface area contributed by atoms with E-state index in [4.69, 9.17) is 4.84 Å². The van der Waals surface area contributed by atoms with Gasteiger partial charge in [-0.2, -0.15) is 5.06 Å². The highest BCUT2D eigenvalue weighted by Crippen LogP contribution is 2.30. The molecule has 2 heterocycles. The molecule has 1 unspecified atom stereocenters. The van der Waals surface area contributed by atoms with Crippen LogP contribution in [0, 0.1) is 0 Å². The molecule has 8 heteroatoms. The van der Waals surface area contributed by atoms with Crippen LogP contribution in [0.2, 0.25) is 0 Å². The summed E-state index contributed by atoms with van der Waals surface area (Å²) in [5, 5.41) is 7.22. The standard InChI is InChI=1S/C29H30N4O4/c34-27(30-23-14-8-3-9-15-23)25(18-21-10-4-1-5-11-21)31-28(35)26-17-16-24-19-32(26)29(36)33(24)37-20-22-12-6-2-7-13-22/h1-15,24-26H,16-20H2,(H,30,34)(H,31,35)/t24?,25-,26+/m1/s1. The molecule has 2 fully saturated rings. The molecule has 8 nitrogen and oxygen atoms in total. The van der Waals surface area contributed by atoms with Crippen LogP contribution >= 0.6 is 0 Å². The number of benzene rings is 3. The van der Waals surface area contributed by atoms with E-state index in [9.17, 15) is 14.4 Å². The number of rotatable bonds is 9. The van der Waals surface area contributed by atoms with Crippen LogP contribution in [-0.2, 0) is 27.5 Å². The topological polar surface area (TPSA) is 91.0 Å². The van der Waals surface area contributed by atoms with Crippen LogP contribution in [-0.4, -0.2) is 52.5 Å². The first-order valence-corrected chi connectivity index (χ1v) is 12.6. The second-order valence-corrected chi connectivity index (χ2v) is 9.37. The van der Waals surface area contributed by atoms with Gasteiger partial charge in [-0.1, -0.05) is 78.9 Å².